The summed E-state index contributed by atoms with van der Waals surface area (Å²) in [5.41, 5.74) is 3.66. The van der Waals surface area contributed by atoms with E-state index in [0.717, 1.165) is 0 Å². The minimum Gasteiger partial charge on any atom is -0.503 e. The molecule has 2 aromatic rings. The molecule has 114 valence electrons. The lowest BCUT2D eigenvalue weighted by molar-refractivity contribution is 0.0955. The number of halogens is 1. The summed E-state index contributed by atoms with van der Waals surface area (Å²) in [7, 11) is 0. The Morgan fingerprint density at radius 3 is 2.77 bits per heavy atom. The fourth-order valence-electron chi connectivity index (χ4n) is 1.75. The van der Waals surface area contributed by atoms with Crippen molar-refractivity contribution in [3.8, 4) is 11.5 Å². The van der Waals surface area contributed by atoms with Gasteiger partial charge in [0.25, 0.3) is 5.91 Å². The van der Waals surface area contributed by atoms with E-state index in [0.29, 0.717) is 28.0 Å². The number of rotatable bonds is 5. The zero-order valence-electron chi connectivity index (χ0n) is 11.9. The molecule has 0 fully saturated rings. The number of carbonyl (C=O) groups excluding carboxylic acids is 1. The summed E-state index contributed by atoms with van der Waals surface area (Å²) < 4.78 is 5.82. The molecule has 0 spiro atoms. The maximum atomic E-state index is 11.8. The molecule has 0 bridgehead atoms. The molecule has 0 unspecified atom stereocenters. The van der Waals surface area contributed by atoms with Crippen LogP contribution in [0.3, 0.4) is 0 Å². The average Bonchev–Trinajstić information content (AvgIpc) is 2.53. The Bertz CT molecular complexity index is 687. The van der Waals surface area contributed by atoms with E-state index in [1.807, 2.05) is 13.0 Å². The zero-order chi connectivity index (χ0) is 15.9. The Balaban J connectivity index is 2.09. The predicted molar refractivity (Wildman–Crippen MR) is 88.5 cm³/mol. The monoisotopic (exact) mass is 362 g/mol. The number of aromatic hydroxyl groups is 1. The Labute approximate surface area is 136 Å². The maximum Gasteiger partial charge on any atom is 0.271 e. The van der Waals surface area contributed by atoms with E-state index in [4.69, 9.17) is 4.74 Å². The minimum atomic E-state index is -0.292. The van der Waals surface area contributed by atoms with Crippen LogP contribution in [0.4, 0.5) is 0 Å². The lowest BCUT2D eigenvalue weighted by Gasteiger charge is -2.08. The van der Waals surface area contributed by atoms with Crippen molar-refractivity contribution in [1.82, 2.24) is 5.43 Å². The van der Waals surface area contributed by atoms with Crippen molar-refractivity contribution in [2.45, 2.75) is 6.92 Å². The summed E-state index contributed by atoms with van der Waals surface area (Å²) >= 11 is 3.25. The normalized spacial score (nSPS) is 10.6. The van der Waals surface area contributed by atoms with Crippen LogP contribution in [0.15, 0.2) is 52.0 Å². The average molecular weight is 363 g/mol. The van der Waals surface area contributed by atoms with Gasteiger partial charge in [-0.2, -0.15) is 5.10 Å². The number of nitrogens with one attached hydrogen (secondary N) is 1. The molecule has 0 atom stereocenters. The second-order valence-corrected chi connectivity index (χ2v) is 5.20. The van der Waals surface area contributed by atoms with Gasteiger partial charge in [-0.05, 0) is 52.7 Å². The number of ether oxygens (including phenoxy) is 1. The number of hydrogen-bond donors (Lipinski definition) is 2. The zero-order valence-corrected chi connectivity index (χ0v) is 13.5. The number of amides is 1. The second kappa shape index (κ2) is 7.61. The van der Waals surface area contributed by atoms with Gasteiger partial charge in [0.2, 0.25) is 0 Å². The van der Waals surface area contributed by atoms with E-state index < -0.39 is 0 Å². The number of phenols is 1. The van der Waals surface area contributed by atoms with Gasteiger partial charge in [-0.25, -0.2) is 5.43 Å². The SMILES string of the molecule is CCOc1cc(/C=N/NC(=O)c2ccccc2)cc(Br)c1O. The molecule has 0 aliphatic rings. The highest BCUT2D eigenvalue weighted by molar-refractivity contribution is 9.10. The maximum absolute atomic E-state index is 11.8. The first-order valence-electron chi connectivity index (χ1n) is 6.65. The molecule has 2 N–H and O–H groups in total. The van der Waals surface area contributed by atoms with Gasteiger partial charge in [0.05, 0.1) is 17.3 Å². The van der Waals surface area contributed by atoms with Gasteiger partial charge in [-0.15, -0.1) is 0 Å². The predicted octanol–water partition coefficient (Wildman–Crippen LogP) is 3.32. The molecular formula is C16H15BrN2O3. The summed E-state index contributed by atoms with van der Waals surface area (Å²) in [6, 6.07) is 12.1. The third-order valence-corrected chi connectivity index (χ3v) is 3.37. The summed E-state index contributed by atoms with van der Waals surface area (Å²) in [6.45, 7) is 2.26. The third kappa shape index (κ3) is 4.08. The molecule has 0 saturated carbocycles. The van der Waals surface area contributed by atoms with Gasteiger partial charge in [-0.3, -0.25) is 4.79 Å². The van der Waals surface area contributed by atoms with Gasteiger partial charge in [0.1, 0.15) is 0 Å². The van der Waals surface area contributed by atoms with Gasteiger partial charge >= 0.3 is 0 Å². The standard InChI is InChI=1S/C16H15BrN2O3/c1-2-22-14-9-11(8-13(17)15(14)20)10-18-19-16(21)12-6-4-3-5-7-12/h3-10,20H,2H2,1H3,(H,19,21)/b18-10+. The minimum absolute atomic E-state index is 0.0346. The molecule has 0 saturated heterocycles. The van der Waals surface area contributed by atoms with Crippen LogP contribution in [0.1, 0.15) is 22.8 Å². The van der Waals surface area contributed by atoms with E-state index in [2.05, 4.69) is 26.5 Å². The number of hydrogen-bond acceptors (Lipinski definition) is 4. The molecule has 0 radical (unpaired) electrons. The van der Waals surface area contributed by atoms with E-state index >= 15 is 0 Å². The number of hydrazone groups is 1. The summed E-state index contributed by atoms with van der Waals surface area (Å²) in [4.78, 5) is 11.8. The Morgan fingerprint density at radius 1 is 1.36 bits per heavy atom. The van der Waals surface area contributed by atoms with Crippen LogP contribution in [-0.4, -0.2) is 23.8 Å². The van der Waals surface area contributed by atoms with Crippen LogP contribution >= 0.6 is 15.9 Å². The van der Waals surface area contributed by atoms with E-state index in [9.17, 15) is 9.90 Å². The number of nitrogens with zero attached hydrogens (tertiary/aromatic N) is 1. The highest BCUT2D eigenvalue weighted by atomic mass is 79.9. The van der Waals surface area contributed by atoms with Gasteiger partial charge < -0.3 is 9.84 Å². The topological polar surface area (TPSA) is 70.9 Å². The highest BCUT2D eigenvalue weighted by Gasteiger charge is 2.08. The molecule has 5 nitrogen and oxygen atoms in total. The highest BCUT2D eigenvalue weighted by Crippen LogP contribution is 2.34. The third-order valence-electron chi connectivity index (χ3n) is 2.77. The largest absolute Gasteiger partial charge is 0.503 e. The molecule has 0 heterocycles. The van der Waals surface area contributed by atoms with Crippen molar-refractivity contribution in [3.63, 3.8) is 0 Å². The van der Waals surface area contributed by atoms with Crippen LogP contribution in [0, 0.1) is 0 Å². The van der Waals surface area contributed by atoms with Crippen LogP contribution in [0.25, 0.3) is 0 Å². The molecule has 0 aliphatic heterocycles. The van der Waals surface area contributed by atoms with E-state index in [1.54, 1.807) is 36.4 Å². The second-order valence-electron chi connectivity index (χ2n) is 4.35. The molecule has 6 heteroatoms. The fraction of sp³-hybridized carbons (Fsp3) is 0.125. The van der Waals surface area contributed by atoms with Crippen molar-refractivity contribution in [1.29, 1.82) is 0 Å². The smallest absolute Gasteiger partial charge is 0.271 e. The molecule has 1 amide bonds. The summed E-state index contributed by atoms with van der Waals surface area (Å²) in [5, 5.41) is 13.7. The molecule has 0 aromatic heterocycles. The van der Waals surface area contributed by atoms with E-state index in [1.165, 1.54) is 6.21 Å². The van der Waals surface area contributed by atoms with Crippen molar-refractivity contribution >= 4 is 28.1 Å². The molecule has 22 heavy (non-hydrogen) atoms. The Kier molecular flexibility index (Phi) is 5.55. The first-order chi connectivity index (χ1) is 10.6. The van der Waals surface area contributed by atoms with Crippen LogP contribution < -0.4 is 10.2 Å². The van der Waals surface area contributed by atoms with E-state index in [-0.39, 0.29) is 11.7 Å². The number of phenolic OH excluding ortho intramolecular Hbond substituents is 1. The summed E-state index contributed by atoms with van der Waals surface area (Å²) in [5.74, 6) is 0.0970. The molecule has 2 rings (SSSR count). The lowest BCUT2D eigenvalue weighted by atomic mass is 10.2. The first-order valence-corrected chi connectivity index (χ1v) is 7.45. The van der Waals surface area contributed by atoms with Crippen molar-refractivity contribution < 1.29 is 14.6 Å². The van der Waals surface area contributed by atoms with Gasteiger partial charge in [0, 0.05) is 5.56 Å². The Morgan fingerprint density at radius 2 is 2.09 bits per heavy atom. The fourth-order valence-corrected chi connectivity index (χ4v) is 2.21. The molecular weight excluding hydrogens is 348 g/mol. The van der Waals surface area contributed by atoms with Crippen molar-refractivity contribution in [2.24, 2.45) is 5.10 Å². The molecule has 2 aromatic carbocycles. The van der Waals surface area contributed by atoms with Crippen LogP contribution in [-0.2, 0) is 0 Å². The van der Waals surface area contributed by atoms with Gasteiger partial charge in [0.15, 0.2) is 11.5 Å². The van der Waals surface area contributed by atoms with Crippen LogP contribution in [0.2, 0.25) is 0 Å². The summed E-state index contributed by atoms with van der Waals surface area (Å²) in [6.07, 6.45) is 1.48. The van der Waals surface area contributed by atoms with Crippen molar-refractivity contribution in [2.75, 3.05) is 6.61 Å². The quantitative estimate of drug-likeness (QED) is 0.633. The van der Waals surface area contributed by atoms with Crippen molar-refractivity contribution in [3.05, 3.63) is 58.1 Å². The first kappa shape index (κ1) is 16.0. The molecule has 0 aliphatic carbocycles. The lowest BCUT2D eigenvalue weighted by Crippen LogP contribution is -2.17. The number of benzene rings is 2. The van der Waals surface area contributed by atoms with Gasteiger partial charge in [-0.1, -0.05) is 18.2 Å². The Hall–Kier alpha value is -2.34. The number of carbonyl (C=O) groups is 1. The van der Waals surface area contributed by atoms with Crippen LogP contribution in [0.5, 0.6) is 11.5 Å².